The maximum Gasteiger partial charge on any atom is 0.289 e. The molecule has 0 saturated carbocycles. The van der Waals surface area contributed by atoms with Crippen molar-refractivity contribution in [3.63, 3.8) is 0 Å². The Balaban J connectivity index is 1.29. The van der Waals surface area contributed by atoms with E-state index in [-0.39, 0.29) is 30.4 Å². The molecule has 0 bridgehead atoms. The van der Waals surface area contributed by atoms with Crippen molar-refractivity contribution in [2.75, 3.05) is 26.2 Å². The smallest absolute Gasteiger partial charge is 0.289 e. The second kappa shape index (κ2) is 11.3. The summed E-state index contributed by atoms with van der Waals surface area (Å²) >= 11 is 6.12. The van der Waals surface area contributed by atoms with Crippen LogP contribution in [0.5, 0.6) is 5.75 Å². The van der Waals surface area contributed by atoms with Gasteiger partial charge in [-0.1, -0.05) is 30.2 Å². The van der Waals surface area contributed by atoms with Gasteiger partial charge in [-0.15, -0.1) is 0 Å². The van der Waals surface area contributed by atoms with E-state index in [1.807, 2.05) is 32.2 Å². The van der Waals surface area contributed by atoms with Gasteiger partial charge in [-0.3, -0.25) is 14.4 Å². The van der Waals surface area contributed by atoms with Gasteiger partial charge in [0.25, 0.3) is 11.8 Å². The van der Waals surface area contributed by atoms with Gasteiger partial charge in [-0.2, -0.15) is 0 Å². The summed E-state index contributed by atoms with van der Waals surface area (Å²) < 4.78 is 7.73. The van der Waals surface area contributed by atoms with Crippen molar-refractivity contribution >= 4 is 40.4 Å². The highest BCUT2D eigenvalue weighted by molar-refractivity contribution is 6.31. The number of piperidine rings is 1. The fourth-order valence-electron chi connectivity index (χ4n) is 5.53. The highest BCUT2D eigenvalue weighted by atomic mass is 35.5. The molecular formula is C29H34ClN5O4. The van der Waals surface area contributed by atoms with E-state index in [0.717, 1.165) is 18.4 Å². The molecule has 1 saturated heterocycles. The summed E-state index contributed by atoms with van der Waals surface area (Å²) in [6.07, 6.45) is 3.35. The third-order valence-corrected chi connectivity index (χ3v) is 8.12. The SMILES string of the molecule is C[C@@H]1COc2ccccc2C(=O)NCCCCC2(CCN(C(=O)c3nc4cc(Cl)ccc4n3C)CC2)C(=O)N1. The van der Waals surface area contributed by atoms with Crippen molar-refractivity contribution < 1.29 is 19.1 Å². The van der Waals surface area contributed by atoms with E-state index in [2.05, 4.69) is 15.6 Å². The predicted octanol–water partition coefficient (Wildman–Crippen LogP) is 3.95. The molecule has 3 amide bonds. The fraction of sp³-hybridized carbons (Fsp3) is 0.448. The summed E-state index contributed by atoms with van der Waals surface area (Å²) in [5, 5.41) is 6.70. The van der Waals surface area contributed by atoms with Crippen molar-refractivity contribution in [2.45, 2.75) is 45.1 Å². The number of rotatable bonds is 1. The number of nitrogens with zero attached hydrogens (tertiary/aromatic N) is 3. The second-order valence-electron chi connectivity index (χ2n) is 10.6. The number of carbonyl (C=O) groups is 3. The standard InChI is InChI=1S/C29H34ClN5O4/c1-19-18-39-24-8-4-3-7-21(24)26(36)31-14-6-5-11-29(28(38)32-19)12-15-35(16-13-29)27(37)25-33-22-17-20(30)9-10-23(22)34(25)2/h3-4,7-10,17,19H,5-6,11-16,18H2,1-2H3,(H,31,36)(H,32,38)/t19-/m1/s1. The zero-order valence-corrected chi connectivity index (χ0v) is 23.1. The Kier molecular flexibility index (Phi) is 7.79. The lowest BCUT2D eigenvalue weighted by Gasteiger charge is -2.41. The summed E-state index contributed by atoms with van der Waals surface area (Å²) in [5.74, 6) is 0.547. The molecule has 1 fully saturated rings. The van der Waals surface area contributed by atoms with Crippen molar-refractivity contribution in [3.8, 4) is 5.75 Å². The van der Waals surface area contributed by atoms with Crippen LogP contribution in [0.15, 0.2) is 42.5 Å². The number of likely N-dealkylation sites (tertiary alicyclic amines) is 1. The quantitative estimate of drug-likeness (QED) is 0.476. The molecule has 2 aliphatic rings. The van der Waals surface area contributed by atoms with Gasteiger partial charge in [-0.25, -0.2) is 4.98 Å². The summed E-state index contributed by atoms with van der Waals surface area (Å²) in [5.41, 5.74) is 1.42. The first-order valence-corrected chi connectivity index (χ1v) is 13.9. The van der Waals surface area contributed by atoms with Crippen LogP contribution < -0.4 is 15.4 Å². The third-order valence-electron chi connectivity index (χ3n) is 7.89. The molecule has 0 radical (unpaired) electrons. The molecule has 0 aliphatic carbocycles. The van der Waals surface area contributed by atoms with Crippen LogP contribution in [0.25, 0.3) is 11.0 Å². The van der Waals surface area contributed by atoms with Crippen LogP contribution in [-0.2, 0) is 11.8 Å². The van der Waals surface area contributed by atoms with E-state index in [9.17, 15) is 14.4 Å². The minimum atomic E-state index is -0.586. The minimum Gasteiger partial charge on any atom is -0.491 e. The average Bonchev–Trinajstić information content (AvgIpc) is 3.26. The monoisotopic (exact) mass is 551 g/mol. The molecule has 5 rings (SSSR count). The van der Waals surface area contributed by atoms with Gasteiger partial charge in [0, 0.05) is 31.7 Å². The zero-order chi connectivity index (χ0) is 27.6. The molecule has 10 heteroatoms. The molecular weight excluding hydrogens is 518 g/mol. The lowest BCUT2D eigenvalue weighted by molar-refractivity contribution is -0.135. The highest BCUT2D eigenvalue weighted by Gasteiger charge is 2.42. The Morgan fingerprint density at radius 3 is 2.67 bits per heavy atom. The van der Waals surface area contributed by atoms with E-state index in [4.69, 9.17) is 16.3 Å². The van der Waals surface area contributed by atoms with Crippen molar-refractivity contribution in [3.05, 3.63) is 58.9 Å². The lowest BCUT2D eigenvalue weighted by atomic mass is 9.73. The average molecular weight is 552 g/mol. The number of hydrogen-bond donors (Lipinski definition) is 2. The van der Waals surface area contributed by atoms with E-state index < -0.39 is 5.41 Å². The number of halogens is 1. The number of ether oxygens (including phenoxy) is 1. The number of fused-ring (bicyclic) bond motifs is 2. The molecule has 0 unspecified atom stereocenters. The lowest BCUT2D eigenvalue weighted by Crippen LogP contribution is -2.52. The summed E-state index contributed by atoms with van der Waals surface area (Å²) in [6.45, 7) is 3.59. The minimum absolute atomic E-state index is 0.00236. The molecule has 3 heterocycles. The summed E-state index contributed by atoms with van der Waals surface area (Å²) in [6, 6.07) is 12.3. The van der Waals surface area contributed by atoms with Gasteiger partial charge >= 0.3 is 0 Å². The molecule has 1 aromatic heterocycles. The van der Waals surface area contributed by atoms with Crippen molar-refractivity contribution in [2.24, 2.45) is 12.5 Å². The van der Waals surface area contributed by atoms with Crippen LogP contribution in [0.2, 0.25) is 5.02 Å². The van der Waals surface area contributed by atoms with Crippen LogP contribution in [0.1, 0.15) is 60.0 Å². The van der Waals surface area contributed by atoms with Gasteiger partial charge in [-0.05, 0) is 62.9 Å². The van der Waals surface area contributed by atoms with Gasteiger partial charge in [0.05, 0.1) is 28.1 Å². The molecule has 3 aromatic rings. The van der Waals surface area contributed by atoms with E-state index in [0.29, 0.717) is 66.6 Å². The second-order valence-corrected chi connectivity index (χ2v) is 11.0. The van der Waals surface area contributed by atoms with Gasteiger partial charge < -0.3 is 24.8 Å². The Morgan fingerprint density at radius 2 is 1.87 bits per heavy atom. The van der Waals surface area contributed by atoms with Crippen LogP contribution in [-0.4, -0.2) is 64.5 Å². The zero-order valence-electron chi connectivity index (χ0n) is 22.3. The number of aromatic nitrogens is 2. The van der Waals surface area contributed by atoms with Gasteiger partial charge in [0.15, 0.2) is 5.82 Å². The maximum absolute atomic E-state index is 13.7. The van der Waals surface area contributed by atoms with E-state index >= 15 is 0 Å². The molecule has 2 N–H and O–H groups in total. The van der Waals surface area contributed by atoms with Gasteiger partial charge in [0.2, 0.25) is 5.91 Å². The number of aryl methyl sites for hydroxylation is 1. The molecule has 1 spiro atoms. The topological polar surface area (TPSA) is 106 Å². The first-order valence-electron chi connectivity index (χ1n) is 13.5. The fourth-order valence-corrected chi connectivity index (χ4v) is 5.70. The molecule has 39 heavy (non-hydrogen) atoms. The van der Waals surface area contributed by atoms with Crippen LogP contribution in [0, 0.1) is 5.41 Å². The Morgan fingerprint density at radius 1 is 1.10 bits per heavy atom. The van der Waals surface area contributed by atoms with Crippen LogP contribution >= 0.6 is 11.6 Å². The summed E-state index contributed by atoms with van der Waals surface area (Å²) in [4.78, 5) is 46.1. The number of carbonyl (C=O) groups excluding carboxylic acids is 3. The van der Waals surface area contributed by atoms with Crippen molar-refractivity contribution in [1.82, 2.24) is 25.1 Å². The van der Waals surface area contributed by atoms with Crippen LogP contribution in [0.3, 0.4) is 0 Å². The van der Waals surface area contributed by atoms with E-state index in [1.165, 1.54) is 0 Å². The maximum atomic E-state index is 13.7. The number of amides is 3. The number of para-hydroxylation sites is 1. The Labute approximate surface area is 232 Å². The first kappa shape index (κ1) is 27.0. The Hall–Kier alpha value is -3.59. The normalized spacial score (nSPS) is 20.5. The number of nitrogens with one attached hydrogen (secondary N) is 2. The van der Waals surface area contributed by atoms with Crippen LogP contribution in [0.4, 0.5) is 0 Å². The molecule has 206 valence electrons. The van der Waals surface area contributed by atoms with E-state index in [1.54, 1.807) is 33.7 Å². The Bertz CT molecular complexity index is 1400. The van der Waals surface area contributed by atoms with Gasteiger partial charge in [0.1, 0.15) is 12.4 Å². The number of imidazole rings is 1. The molecule has 1 atom stereocenters. The molecule has 2 aromatic carbocycles. The largest absolute Gasteiger partial charge is 0.491 e. The highest BCUT2D eigenvalue weighted by Crippen LogP contribution is 2.38. The number of hydrogen-bond acceptors (Lipinski definition) is 5. The summed E-state index contributed by atoms with van der Waals surface area (Å²) in [7, 11) is 1.83. The molecule has 2 aliphatic heterocycles. The van der Waals surface area contributed by atoms with Crippen molar-refractivity contribution in [1.29, 1.82) is 0 Å². The molecule has 9 nitrogen and oxygen atoms in total. The predicted molar refractivity (Wildman–Crippen MR) is 149 cm³/mol. The first-order chi connectivity index (χ1) is 18.8. The third kappa shape index (κ3) is 5.59. The number of benzene rings is 2.